The van der Waals surface area contributed by atoms with Crippen molar-refractivity contribution in [1.29, 1.82) is 0 Å². The summed E-state index contributed by atoms with van der Waals surface area (Å²) in [6.07, 6.45) is 1.47. The molecule has 0 bridgehead atoms. The molecule has 6 heteroatoms. The molecule has 0 saturated carbocycles. The van der Waals surface area contributed by atoms with Gasteiger partial charge in [0.15, 0.2) is 5.76 Å². The molecule has 2 amide bonds. The van der Waals surface area contributed by atoms with E-state index in [9.17, 15) is 9.59 Å². The van der Waals surface area contributed by atoms with Crippen LogP contribution in [0.2, 0.25) is 0 Å². The third kappa shape index (κ3) is 2.31. The van der Waals surface area contributed by atoms with Crippen LogP contribution >= 0.6 is 0 Å². The number of nitrogens with one attached hydrogen (secondary N) is 1. The van der Waals surface area contributed by atoms with Crippen molar-refractivity contribution in [2.45, 2.75) is 6.42 Å². The summed E-state index contributed by atoms with van der Waals surface area (Å²) in [4.78, 5) is 23.7. The Hall–Kier alpha value is -2.89. The summed E-state index contributed by atoms with van der Waals surface area (Å²) < 4.78 is 4.98. The van der Waals surface area contributed by atoms with E-state index in [2.05, 4.69) is 10.4 Å². The van der Waals surface area contributed by atoms with Crippen LogP contribution in [0, 0.1) is 0 Å². The molecule has 0 atom stereocenters. The predicted molar refractivity (Wildman–Crippen MR) is 72.2 cm³/mol. The van der Waals surface area contributed by atoms with Crippen molar-refractivity contribution < 1.29 is 14.0 Å². The lowest BCUT2D eigenvalue weighted by Gasteiger charge is -2.10. The van der Waals surface area contributed by atoms with Gasteiger partial charge in [-0.15, -0.1) is 0 Å². The number of amides is 2. The van der Waals surface area contributed by atoms with Crippen molar-refractivity contribution in [2.75, 3.05) is 5.01 Å². The lowest BCUT2D eigenvalue weighted by atomic mass is 10.3. The molecule has 1 N–H and O–H groups in total. The summed E-state index contributed by atoms with van der Waals surface area (Å²) in [5.74, 6) is -0.124. The van der Waals surface area contributed by atoms with E-state index in [1.165, 1.54) is 11.3 Å². The van der Waals surface area contributed by atoms with Crippen LogP contribution in [0.1, 0.15) is 17.0 Å². The smallest absolute Gasteiger partial charge is 0.292 e. The number of amidine groups is 1. The van der Waals surface area contributed by atoms with Crippen molar-refractivity contribution in [3.8, 4) is 0 Å². The molecule has 0 fully saturated rings. The number of nitrogens with zero attached hydrogens (tertiary/aromatic N) is 2. The molecule has 0 radical (unpaired) electrons. The van der Waals surface area contributed by atoms with E-state index in [1.54, 1.807) is 24.3 Å². The van der Waals surface area contributed by atoms with Crippen molar-refractivity contribution in [3.05, 3.63) is 54.5 Å². The van der Waals surface area contributed by atoms with Crippen molar-refractivity contribution >= 4 is 23.3 Å². The van der Waals surface area contributed by atoms with E-state index in [1.807, 2.05) is 18.2 Å². The van der Waals surface area contributed by atoms with Crippen LogP contribution in [0.25, 0.3) is 0 Å². The molecule has 3 rings (SSSR count). The Morgan fingerprint density at radius 2 is 2.00 bits per heavy atom. The van der Waals surface area contributed by atoms with Crippen molar-refractivity contribution in [3.63, 3.8) is 0 Å². The SMILES string of the molecule is O=C(NC1=NN(c2ccccc2)C(=O)C1)c1ccco1. The Morgan fingerprint density at radius 3 is 2.70 bits per heavy atom. The number of furan rings is 1. The Bertz CT molecular complexity index is 662. The summed E-state index contributed by atoms with van der Waals surface area (Å²) in [5, 5.41) is 7.96. The van der Waals surface area contributed by atoms with Crippen LogP contribution in [0.15, 0.2) is 58.2 Å². The minimum atomic E-state index is -0.420. The normalized spacial score (nSPS) is 14.3. The molecule has 1 aromatic heterocycles. The summed E-state index contributed by atoms with van der Waals surface area (Å²) in [6, 6.07) is 12.2. The van der Waals surface area contributed by atoms with Crippen LogP contribution < -0.4 is 10.3 Å². The maximum atomic E-state index is 11.9. The number of carbonyl (C=O) groups is 2. The van der Waals surface area contributed by atoms with Gasteiger partial charge in [-0.05, 0) is 24.3 Å². The number of anilines is 1. The highest BCUT2D eigenvalue weighted by molar-refractivity contribution is 6.17. The van der Waals surface area contributed by atoms with Gasteiger partial charge in [0, 0.05) is 0 Å². The van der Waals surface area contributed by atoms with Gasteiger partial charge in [-0.25, -0.2) is 0 Å². The zero-order valence-electron chi connectivity index (χ0n) is 10.4. The van der Waals surface area contributed by atoms with E-state index in [0.717, 1.165) is 0 Å². The summed E-state index contributed by atoms with van der Waals surface area (Å²) in [7, 11) is 0. The maximum absolute atomic E-state index is 11.9. The minimum absolute atomic E-state index is 0.0569. The first-order valence-electron chi connectivity index (χ1n) is 6.04. The quantitative estimate of drug-likeness (QED) is 0.902. The summed E-state index contributed by atoms with van der Waals surface area (Å²) in [6.45, 7) is 0. The van der Waals surface area contributed by atoms with Gasteiger partial charge in [-0.2, -0.15) is 10.1 Å². The molecular formula is C14H11N3O3. The molecule has 0 spiro atoms. The summed E-state index contributed by atoms with van der Waals surface area (Å²) in [5.41, 5.74) is 0.666. The number of benzene rings is 1. The van der Waals surface area contributed by atoms with Gasteiger partial charge >= 0.3 is 0 Å². The molecule has 100 valence electrons. The van der Waals surface area contributed by atoms with Gasteiger partial charge in [0.1, 0.15) is 5.84 Å². The molecule has 2 aromatic rings. The topological polar surface area (TPSA) is 74.9 Å². The van der Waals surface area contributed by atoms with Gasteiger partial charge in [-0.3, -0.25) is 9.59 Å². The molecule has 20 heavy (non-hydrogen) atoms. The van der Waals surface area contributed by atoms with Gasteiger partial charge in [-0.1, -0.05) is 18.2 Å². The largest absolute Gasteiger partial charge is 0.459 e. The highest BCUT2D eigenvalue weighted by Gasteiger charge is 2.26. The van der Waals surface area contributed by atoms with Crippen LogP contribution in [0.3, 0.4) is 0 Å². The van der Waals surface area contributed by atoms with Crippen molar-refractivity contribution in [1.82, 2.24) is 5.32 Å². The molecule has 0 aliphatic carbocycles. The third-order valence-electron chi connectivity index (χ3n) is 2.78. The second-order valence-electron chi connectivity index (χ2n) is 4.20. The Morgan fingerprint density at radius 1 is 1.20 bits per heavy atom. The zero-order valence-corrected chi connectivity index (χ0v) is 10.4. The highest BCUT2D eigenvalue weighted by atomic mass is 16.3. The lowest BCUT2D eigenvalue weighted by Crippen LogP contribution is -2.29. The Kier molecular flexibility index (Phi) is 3.04. The molecule has 2 heterocycles. The maximum Gasteiger partial charge on any atom is 0.292 e. The van der Waals surface area contributed by atoms with Crippen LogP contribution in [-0.2, 0) is 4.79 Å². The predicted octanol–water partition coefficient (Wildman–Crippen LogP) is 1.76. The fourth-order valence-corrected chi connectivity index (χ4v) is 1.87. The van der Waals surface area contributed by atoms with Gasteiger partial charge in [0.25, 0.3) is 11.8 Å². The van der Waals surface area contributed by atoms with E-state index < -0.39 is 5.91 Å². The summed E-state index contributed by atoms with van der Waals surface area (Å²) >= 11 is 0. The first-order valence-corrected chi connectivity index (χ1v) is 6.04. The molecule has 1 aromatic carbocycles. The Balaban J connectivity index is 1.76. The van der Waals surface area contributed by atoms with E-state index in [-0.39, 0.29) is 18.1 Å². The van der Waals surface area contributed by atoms with E-state index in [4.69, 9.17) is 4.42 Å². The average molecular weight is 269 g/mol. The first kappa shape index (κ1) is 12.2. The molecule has 6 nitrogen and oxygen atoms in total. The number of hydrogen-bond acceptors (Lipinski definition) is 4. The third-order valence-corrected chi connectivity index (χ3v) is 2.78. The highest BCUT2D eigenvalue weighted by Crippen LogP contribution is 2.19. The van der Waals surface area contributed by atoms with Crippen LogP contribution in [-0.4, -0.2) is 17.6 Å². The van der Waals surface area contributed by atoms with Crippen LogP contribution in [0.5, 0.6) is 0 Å². The molecular weight excluding hydrogens is 258 g/mol. The lowest BCUT2D eigenvalue weighted by molar-refractivity contribution is -0.116. The molecule has 1 aliphatic rings. The average Bonchev–Trinajstić information content (AvgIpc) is 3.09. The van der Waals surface area contributed by atoms with Gasteiger partial charge in [0.05, 0.1) is 18.4 Å². The number of carbonyl (C=O) groups excluding carboxylic acids is 2. The monoisotopic (exact) mass is 269 g/mol. The number of rotatable bonds is 2. The molecule has 1 aliphatic heterocycles. The van der Waals surface area contributed by atoms with E-state index in [0.29, 0.717) is 11.5 Å². The van der Waals surface area contributed by atoms with E-state index >= 15 is 0 Å². The molecule has 0 saturated heterocycles. The zero-order chi connectivity index (χ0) is 13.9. The minimum Gasteiger partial charge on any atom is -0.459 e. The van der Waals surface area contributed by atoms with Gasteiger partial charge < -0.3 is 9.73 Å². The second-order valence-corrected chi connectivity index (χ2v) is 4.20. The fourth-order valence-electron chi connectivity index (χ4n) is 1.87. The van der Waals surface area contributed by atoms with Crippen molar-refractivity contribution in [2.24, 2.45) is 5.10 Å². The fraction of sp³-hybridized carbons (Fsp3) is 0.0714. The second kappa shape index (κ2) is 5.00. The first-order chi connectivity index (χ1) is 9.74. The number of hydrazone groups is 1. The van der Waals surface area contributed by atoms with Crippen LogP contribution in [0.4, 0.5) is 5.69 Å². The Labute approximate surface area is 114 Å². The molecule has 0 unspecified atom stereocenters. The number of hydrogen-bond donors (Lipinski definition) is 1. The van der Waals surface area contributed by atoms with Gasteiger partial charge in [0.2, 0.25) is 0 Å². The number of para-hydroxylation sites is 1. The standard InChI is InChI=1S/C14H11N3O3/c18-13-9-12(15-14(19)11-7-4-8-20-11)16-17(13)10-5-2-1-3-6-10/h1-8H,9H2,(H,15,16,19).